The largest absolute Gasteiger partial charge is 0.496 e. The summed E-state index contributed by atoms with van der Waals surface area (Å²) < 4.78 is 10.6. The summed E-state index contributed by atoms with van der Waals surface area (Å²) in [5.74, 6) is -0.0944. The Morgan fingerprint density at radius 3 is 2.31 bits per heavy atom. The number of imide groups is 1. The molecule has 2 aromatic carbocycles. The molecule has 0 saturated heterocycles. The van der Waals surface area contributed by atoms with Crippen LogP contribution in [0.5, 0.6) is 11.5 Å². The van der Waals surface area contributed by atoms with Crippen LogP contribution < -0.4 is 25.8 Å². The first-order chi connectivity index (χ1) is 12.4. The summed E-state index contributed by atoms with van der Waals surface area (Å²) in [5, 5.41) is 4.68. The molecule has 0 radical (unpaired) electrons. The van der Waals surface area contributed by atoms with E-state index in [1.165, 1.54) is 14.0 Å². The number of rotatable bonds is 6. The van der Waals surface area contributed by atoms with E-state index in [0.717, 1.165) is 0 Å². The van der Waals surface area contributed by atoms with Crippen LogP contribution in [0.4, 0.5) is 10.5 Å². The molecule has 136 valence electrons. The van der Waals surface area contributed by atoms with Crippen LogP contribution in [0.1, 0.15) is 17.3 Å². The second-order valence-electron chi connectivity index (χ2n) is 5.29. The molecule has 0 aliphatic heterocycles. The molecular formula is C18H19N3O5. The van der Waals surface area contributed by atoms with Gasteiger partial charge in [-0.1, -0.05) is 12.1 Å². The number of nitrogens with one attached hydrogen (secondary N) is 2. The number of anilines is 1. The van der Waals surface area contributed by atoms with Gasteiger partial charge in [-0.05, 0) is 43.3 Å². The minimum atomic E-state index is -0.945. The van der Waals surface area contributed by atoms with E-state index in [-0.39, 0.29) is 5.91 Å². The normalized spacial score (nSPS) is 11.2. The van der Waals surface area contributed by atoms with Crippen LogP contribution in [-0.2, 0) is 4.79 Å². The lowest BCUT2D eigenvalue weighted by Gasteiger charge is -2.14. The summed E-state index contributed by atoms with van der Waals surface area (Å²) in [4.78, 5) is 34.6. The molecule has 4 N–H and O–H groups in total. The van der Waals surface area contributed by atoms with Crippen molar-refractivity contribution in [2.24, 2.45) is 5.73 Å². The fraction of sp³-hybridized carbons (Fsp3) is 0.167. The molecule has 0 aliphatic rings. The van der Waals surface area contributed by atoms with Crippen molar-refractivity contribution in [3.8, 4) is 11.5 Å². The molecule has 8 heteroatoms. The van der Waals surface area contributed by atoms with Crippen molar-refractivity contribution in [1.82, 2.24) is 5.32 Å². The molecule has 0 spiro atoms. The first kappa shape index (κ1) is 18.8. The molecule has 0 aromatic heterocycles. The van der Waals surface area contributed by atoms with E-state index >= 15 is 0 Å². The van der Waals surface area contributed by atoms with Gasteiger partial charge in [0, 0.05) is 5.69 Å². The number of ether oxygens (including phenoxy) is 2. The van der Waals surface area contributed by atoms with Crippen LogP contribution in [0.15, 0.2) is 48.5 Å². The number of carbonyl (C=O) groups is 3. The number of nitrogens with two attached hydrogens (primary N) is 1. The lowest BCUT2D eigenvalue weighted by atomic mass is 10.2. The Labute approximate surface area is 150 Å². The standard InChI is InChI=1S/C18H19N3O5/c1-11(16(22)21-18(19)24)26-13-9-7-12(8-10-13)20-17(23)14-5-3-4-6-15(14)25-2/h3-11H,1-2H3,(H,20,23)(H3,19,21,22,24)/t11-/m0/s1. The number of methoxy groups -OCH3 is 1. The lowest BCUT2D eigenvalue weighted by molar-refractivity contribution is -0.126. The number of urea groups is 1. The summed E-state index contributed by atoms with van der Waals surface area (Å²) in [6, 6.07) is 12.4. The van der Waals surface area contributed by atoms with Gasteiger partial charge in [0.25, 0.3) is 11.8 Å². The number of benzene rings is 2. The highest BCUT2D eigenvalue weighted by Gasteiger charge is 2.16. The lowest BCUT2D eigenvalue weighted by Crippen LogP contribution is -2.42. The van der Waals surface area contributed by atoms with E-state index in [2.05, 4.69) is 5.32 Å². The number of para-hydroxylation sites is 1. The van der Waals surface area contributed by atoms with Crippen molar-refractivity contribution in [3.05, 3.63) is 54.1 Å². The third kappa shape index (κ3) is 4.97. The molecule has 0 heterocycles. The number of hydrogen-bond acceptors (Lipinski definition) is 5. The zero-order chi connectivity index (χ0) is 19.1. The summed E-state index contributed by atoms with van der Waals surface area (Å²) in [7, 11) is 1.49. The molecule has 8 nitrogen and oxygen atoms in total. The molecular weight excluding hydrogens is 338 g/mol. The van der Waals surface area contributed by atoms with Gasteiger partial charge in [0.05, 0.1) is 12.7 Å². The maximum absolute atomic E-state index is 12.3. The summed E-state index contributed by atoms with van der Waals surface area (Å²) in [6.45, 7) is 1.48. The molecule has 2 aromatic rings. The van der Waals surface area contributed by atoms with Crippen LogP contribution >= 0.6 is 0 Å². The second kappa shape index (κ2) is 8.52. The molecule has 0 bridgehead atoms. The summed E-state index contributed by atoms with van der Waals surface area (Å²) in [6.07, 6.45) is -0.906. The van der Waals surface area contributed by atoms with Crippen LogP contribution in [0.25, 0.3) is 0 Å². The maximum Gasteiger partial charge on any atom is 0.318 e. The molecule has 2 rings (SSSR count). The van der Waals surface area contributed by atoms with Gasteiger partial charge < -0.3 is 20.5 Å². The Kier molecular flexibility index (Phi) is 6.15. The number of primary amides is 1. The third-order valence-electron chi connectivity index (χ3n) is 3.39. The molecule has 1 atom stereocenters. The zero-order valence-corrected chi connectivity index (χ0v) is 14.3. The highest BCUT2D eigenvalue weighted by atomic mass is 16.5. The predicted molar refractivity (Wildman–Crippen MR) is 95.2 cm³/mol. The molecule has 0 saturated carbocycles. The predicted octanol–water partition coefficient (Wildman–Crippen LogP) is 1.91. The van der Waals surface area contributed by atoms with Crippen molar-refractivity contribution in [1.29, 1.82) is 0 Å². The molecule has 0 aliphatic carbocycles. The van der Waals surface area contributed by atoms with Gasteiger partial charge in [-0.15, -0.1) is 0 Å². The average Bonchev–Trinajstić information content (AvgIpc) is 2.62. The number of hydrogen-bond donors (Lipinski definition) is 3. The van der Waals surface area contributed by atoms with E-state index in [0.29, 0.717) is 22.7 Å². The van der Waals surface area contributed by atoms with Gasteiger partial charge in [-0.2, -0.15) is 0 Å². The van der Waals surface area contributed by atoms with E-state index in [1.54, 1.807) is 48.5 Å². The van der Waals surface area contributed by atoms with Gasteiger partial charge in [0.15, 0.2) is 6.10 Å². The fourth-order valence-corrected chi connectivity index (χ4v) is 2.13. The minimum Gasteiger partial charge on any atom is -0.496 e. The minimum absolute atomic E-state index is 0.315. The molecule has 4 amide bonds. The fourth-order valence-electron chi connectivity index (χ4n) is 2.13. The van der Waals surface area contributed by atoms with Gasteiger partial charge in [0.2, 0.25) is 0 Å². The quantitative estimate of drug-likeness (QED) is 0.729. The number of amides is 4. The second-order valence-corrected chi connectivity index (χ2v) is 5.29. The van der Waals surface area contributed by atoms with E-state index < -0.39 is 18.0 Å². The maximum atomic E-state index is 12.3. The molecule has 26 heavy (non-hydrogen) atoms. The van der Waals surface area contributed by atoms with E-state index in [4.69, 9.17) is 15.2 Å². The van der Waals surface area contributed by atoms with Gasteiger partial charge in [0.1, 0.15) is 11.5 Å². The highest BCUT2D eigenvalue weighted by molar-refractivity contribution is 6.06. The summed E-state index contributed by atoms with van der Waals surface area (Å²) in [5.41, 5.74) is 5.84. The van der Waals surface area contributed by atoms with E-state index in [9.17, 15) is 14.4 Å². The van der Waals surface area contributed by atoms with Crippen molar-refractivity contribution < 1.29 is 23.9 Å². The smallest absolute Gasteiger partial charge is 0.318 e. The van der Waals surface area contributed by atoms with Crippen molar-refractivity contribution in [2.75, 3.05) is 12.4 Å². The molecule has 0 fully saturated rings. The van der Waals surface area contributed by atoms with Gasteiger partial charge in [-0.3, -0.25) is 14.9 Å². The Morgan fingerprint density at radius 2 is 1.69 bits per heavy atom. The SMILES string of the molecule is COc1ccccc1C(=O)Nc1ccc(O[C@@H](C)C(=O)NC(N)=O)cc1. The van der Waals surface area contributed by atoms with Crippen molar-refractivity contribution in [3.63, 3.8) is 0 Å². The van der Waals surface area contributed by atoms with Crippen LogP contribution in [0, 0.1) is 0 Å². The average molecular weight is 357 g/mol. The summed E-state index contributed by atoms with van der Waals surface area (Å²) >= 11 is 0. The first-order valence-electron chi connectivity index (χ1n) is 7.72. The van der Waals surface area contributed by atoms with Gasteiger partial charge >= 0.3 is 6.03 Å². The van der Waals surface area contributed by atoms with Crippen LogP contribution in [-0.4, -0.2) is 31.1 Å². The molecule has 0 unspecified atom stereocenters. The van der Waals surface area contributed by atoms with Crippen molar-refractivity contribution >= 4 is 23.5 Å². The van der Waals surface area contributed by atoms with E-state index in [1.807, 2.05) is 5.32 Å². The number of carbonyl (C=O) groups excluding carboxylic acids is 3. The Balaban J connectivity index is 2.00. The zero-order valence-electron chi connectivity index (χ0n) is 14.3. The Morgan fingerprint density at radius 1 is 1.04 bits per heavy atom. The monoisotopic (exact) mass is 357 g/mol. The Bertz CT molecular complexity index is 805. The van der Waals surface area contributed by atoms with Crippen molar-refractivity contribution in [2.45, 2.75) is 13.0 Å². The van der Waals surface area contributed by atoms with Gasteiger partial charge in [-0.25, -0.2) is 4.79 Å². The Hall–Kier alpha value is -3.55. The first-order valence-corrected chi connectivity index (χ1v) is 7.72. The topological polar surface area (TPSA) is 120 Å². The van der Waals surface area contributed by atoms with Crippen LogP contribution in [0.3, 0.4) is 0 Å². The highest BCUT2D eigenvalue weighted by Crippen LogP contribution is 2.21. The van der Waals surface area contributed by atoms with Crippen LogP contribution in [0.2, 0.25) is 0 Å². The third-order valence-corrected chi connectivity index (χ3v) is 3.39.